The minimum absolute atomic E-state index is 0.0141. The zero-order chi connectivity index (χ0) is 15.4. The van der Waals surface area contributed by atoms with Crippen LogP contribution in [0.25, 0.3) is 10.2 Å². The highest BCUT2D eigenvalue weighted by molar-refractivity contribution is 7.22. The number of aryl methyl sites for hydroxylation is 1. The third-order valence-electron chi connectivity index (χ3n) is 3.01. The van der Waals surface area contributed by atoms with Gasteiger partial charge in [0, 0.05) is 18.5 Å². The third-order valence-corrected chi connectivity index (χ3v) is 3.93. The van der Waals surface area contributed by atoms with Gasteiger partial charge in [0.15, 0.2) is 5.13 Å². The maximum atomic E-state index is 11.7. The molecule has 0 unspecified atom stereocenters. The molecule has 0 saturated heterocycles. The van der Waals surface area contributed by atoms with E-state index in [1.165, 1.54) is 11.3 Å². The Kier molecular flexibility index (Phi) is 4.90. The molecule has 2 N–H and O–H groups in total. The van der Waals surface area contributed by atoms with Gasteiger partial charge in [-0.3, -0.25) is 9.59 Å². The summed E-state index contributed by atoms with van der Waals surface area (Å²) < 4.78 is 0.952. The molecule has 0 fully saturated rings. The van der Waals surface area contributed by atoms with Gasteiger partial charge in [0.05, 0.1) is 10.2 Å². The minimum atomic E-state index is -0.0526. The third kappa shape index (κ3) is 3.78. The number of thiazole rings is 1. The number of carbonyl (C=O) groups excluding carboxylic acids is 2. The van der Waals surface area contributed by atoms with Crippen molar-refractivity contribution in [3.8, 4) is 0 Å². The van der Waals surface area contributed by atoms with Crippen molar-refractivity contribution in [2.45, 2.75) is 40.0 Å². The molecule has 2 aromatic rings. The van der Waals surface area contributed by atoms with E-state index in [0.717, 1.165) is 27.9 Å². The van der Waals surface area contributed by atoms with Crippen LogP contribution in [0.5, 0.6) is 0 Å². The van der Waals surface area contributed by atoms with Gasteiger partial charge in [-0.2, -0.15) is 0 Å². The summed E-state index contributed by atoms with van der Waals surface area (Å²) in [5.41, 5.74) is 2.61. The zero-order valence-corrected chi connectivity index (χ0v) is 13.3. The number of carbonyl (C=O) groups is 2. The van der Waals surface area contributed by atoms with Crippen molar-refractivity contribution >= 4 is 44.2 Å². The Balaban J connectivity index is 2.27. The van der Waals surface area contributed by atoms with Crippen molar-refractivity contribution in [3.63, 3.8) is 0 Å². The Hall–Kier alpha value is -1.95. The Morgan fingerprint density at radius 2 is 1.95 bits per heavy atom. The molecular formula is C15H19N3O2S. The highest BCUT2D eigenvalue weighted by Crippen LogP contribution is 2.31. The summed E-state index contributed by atoms with van der Waals surface area (Å²) in [6.45, 7) is 5.72. The smallest absolute Gasteiger partial charge is 0.225 e. The van der Waals surface area contributed by atoms with Crippen LogP contribution in [0.15, 0.2) is 12.1 Å². The van der Waals surface area contributed by atoms with Crippen molar-refractivity contribution in [3.05, 3.63) is 17.7 Å². The summed E-state index contributed by atoms with van der Waals surface area (Å²) in [6, 6.07) is 3.80. The van der Waals surface area contributed by atoms with Crippen LogP contribution >= 0.6 is 11.3 Å². The predicted octanol–water partition coefficient (Wildman–Crippen LogP) is 3.69. The Morgan fingerprint density at radius 3 is 2.62 bits per heavy atom. The van der Waals surface area contributed by atoms with Crippen molar-refractivity contribution in [2.75, 3.05) is 10.6 Å². The van der Waals surface area contributed by atoms with E-state index < -0.39 is 0 Å². The summed E-state index contributed by atoms with van der Waals surface area (Å²) in [7, 11) is 0. The first-order valence-electron chi connectivity index (χ1n) is 7.04. The van der Waals surface area contributed by atoms with Gasteiger partial charge in [-0.15, -0.1) is 0 Å². The zero-order valence-electron chi connectivity index (χ0n) is 12.4. The molecule has 0 bridgehead atoms. The lowest BCUT2D eigenvalue weighted by Crippen LogP contribution is -2.10. The topological polar surface area (TPSA) is 71.1 Å². The van der Waals surface area contributed by atoms with Gasteiger partial charge in [0.1, 0.15) is 0 Å². The molecular weight excluding hydrogens is 286 g/mol. The largest absolute Gasteiger partial charge is 0.326 e. The maximum Gasteiger partial charge on any atom is 0.225 e. The van der Waals surface area contributed by atoms with Gasteiger partial charge in [-0.25, -0.2) is 4.98 Å². The molecule has 0 spiro atoms. The number of benzene rings is 1. The number of fused-ring (bicyclic) bond motifs is 1. The van der Waals surface area contributed by atoms with Crippen LogP contribution in [-0.4, -0.2) is 16.8 Å². The molecule has 112 valence electrons. The number of anilines is 2. The summed E-state index contributed by atoms with van der Waals surface area (Å²) >= 11 is 1.42. The van der Waals surface area contributed by atoms with E-state index in [9.17, 15) is 9.59 Å². The van der Waals surface area contributed by atoms with E-state index >= 15 is 0 Å². The molecule has 0 aliphatic carbocycles. The average Bonchev–Trinajstić information content (AvgIpc) is 2.81. The van der Waals surface area contributed by atoms with Crippen LogP contribution in [0, 0.1) is 6.92 Å². The van der Waals surface area contributed by atoms with Gasteiger partial charge in [-0.05, 0) is 31.0 Å². The fraction of sp³-hybridized carbons (Fsp3) is 0.400. The fourth-order valence-electron chi connectivity index (χ4n) is 1.98. The van der Waals surface area contributed by atoms with Crippen molar-refractivity contribution < 1.29 is 9.59 Å². The highest BCUT2D eigenvalue weighted by Gasteiger charge is 2.11. The van der Waals surface area contributed by atoms with E-state index in [0.29, 0.717) is 18.0 Å². The van der Waals surface area contributed by atoms with Gasteiger partial charge in [-0.1, -0.05) is 25.2 Å². The molecule has 6 heteroatoms. The van der Waals surface area contributed by atoms with Crippen LogP contribution < -0.4 is 10.6 Å². The van der Waals surface area contributed by atoms with E-state index in [1.54, 1.807) is 6.92 Å². The summed E-state index contributed by atoms with van der Waals surface area (Å²) in [5.74, 6) is -0.0385. The predicted molar refractivity (Wildman–Crippen MR) is 86.8 cm³/mol. The molecule has 0 saturated carbocycles. The molecule has 0 radical (unpaired) electrons. The SMILES string of the molecule is CCCC(=O)Nc1cc(C)c2nc(NC(=O)CC)sc2c1. The second-order valence-electron chi connectivity index (χ2n) is 4.86. The van der Waals surface area contributed by atoms with E-state index in [4.69, 9.17) is 0 Å². The summed E-state index contributed by atoms with van der Waals surface area (Å²) in [4.78, 5) is 27.5. The number of hydrogen-bond acceptors (Lipinski definition) is 4. The first-order chi connectivity index (χ1) is 10.0. The second kappa shape index (κ2) is 6.67. The van der Waals surface area contributed by atoms with Crippen molar-refractivity contribution in [1.29, 1.82) is 0 Å². The number of rotatable bonds is 5. The first kappa shape index (κ1) is 15.4. The number of nitrogens with zero attached hydrogens (tertiary/aromatic N) is 1. The molecule has 1 aromatic heterocycles. The molecule has 0 atom stereocenters. The number of hydrogen-bond donors (Lipinski definition) is 2. The highest BCUT2D eigenvalue weighted by atomic mass is 32.1. The monoisotopic (exact) mass is 305 g/mol. The van der Waals surface area contributed by atoms with Crippen molar-refractivity contribution in [2.24, 2.45) is 0 Å². The molecule has 5 nitrogen and oxygen atoms in total. The van der Waals surface area contributed by atoms with Crippen LogP contribution in [0.4, 0.5) is 10.8 Å². The average molecular weight is 305 g/mol. The van der Waals surface area contributed by atoms with Crippen LogP contribution in [0.2, 0.25) is 0 Å². The molecule has 0 aliphatic rings. The second-order valence-corrected chi connectivity index (χ2v) is 5.89. The van der Waals surface area contributed by atoms with Gasteiger partial charge in [0.25, 0.3) is 0 Å². The van der Waals surface area contributed by atoms with E-state index in [1.807, 2.05) is 26.0 Å². The summed E-state index contributed by atoms with van der Waals surface area (Å²) in [5, 5.41) is 6.25. The molecule has 1 heterocycles. The lowest BCUT2D eigenvalue weighted by molar-refractivity contribution is -0.116. The van der Waals surface area contributed by atoms with Crippen LogP contribution in [0.1, 0.15) is 38.7 Å². The number of amides is 2. The number of aromatic nitrogens is 1. The van der Waals surface area contributed by atoms with Crippen molar-refractivity contribution in [1.82, 2.24) is 4.98 Å². The van der Waals surface area contributed by atoms with E-state index in [2.05, 4.69) is 15.6 Å². The quantitative estimate of drug-likeness (QED) is 0.885. The Labute approximate surface area is 127 Å². The molecule has 21 heavy (non-hydrogen) atoms. The number of nitrogens with one attached hydrogen (secondary N) is 2. The normalized spacial score (nSPS) is 10.6. The van der Waals surface area contributed by atoms with Crippen LogP contribution in [0.3, 0.4) is 0 Å². The van der Waals surface area contributed by atoms with E-state index in [-0.39, 0.29) is 11.8 Å². The molecule has 0 aliphatic heterocycles. The van der Waals surface area contributed by atoms with Gasteiger partial charge >= 0.3 is 0 Å². The Morgan fingerprint density at radius 1 is 1.19 bits per heavy atom. The lowest BCUT2D eigenvalue weighted by Gasteiger charge is -2.05. The molecule has 1 aromatic carbocycles. The first-order valence-corrected chi connectivity index (χ1v) is 7.86. The van der Waals surface area contributed by atoms with Crippen LogP contribution in [-0.2, 0) is 9.59 Å². The van der Waals surface area contributed by atoms with Gasteiger partial charge < -0.3 is 10.6 Å². The fourth-order valence-corrected chi connectivity index (χ4v) is 2.98. The molecule has 2 rings (SSSR count). The standard InChI is InChI=1S/C15H19N3O2S/c1-4-6-13(20)16-10-7-9(3)14-11(8-10)21-15(18-14)17-12(19)5-2/h7-8H,4-6H2,1-3H3,(H,16,20)(H,17,18,19). The summed E-state index contributed by atoms with van der Waals surface area (Å²) in [6.07, 6.45) is 1.76. The lowest BCUT2D eigenvalue weighted by atomic mass is 10.2. The minimum Gasteiger partial charge on any atom is -0.326 e. The maximum absolute atomic E-state index is 11.7. The Bertz CT molecular complexity index is 679. The molecule has 2 amide bonds. The van der Waals surface area contributed by atoms with Gasteiger partial charge in [0.2, 0.25) is 11.8 Å².